The maximum Gasteiger partial charge on any atom is 0.248 e. The van der Waals surface area contributed by atoms with Gasteiger partial charge < -0.3 is 10.1 Å². The van der Waals surface area contributed by atoms with Gasteiger partial charge in [-0.1, -0.05) is 18.2 Å². The van der Waals surface area contributed by atoms with Crippen LogP contribution in [0.15, 0.2) is 91.7 Å². The van der Waals surface area contributed by atoms with Crippen molar-refractivity contribution >= 4 is 17.7 Å². The third kappa shape index (κ3) is 5.17. The van der Waals surface area contributed by atoms with Crippen molar-refractivity contribution in [3.05, 3.63) is 103 Å². The highest BCUT2D eigenvalue weighted by Gasteiger charge is 2.01. The maximum atomic E-state index is 12.2. The van der Waals surface area contributed by atoms with Crippen LogP contribution in [0.4, 0.5) is 5.69 Å². The highest BCUT2D eigenvalue weighted by Crippen LogP contribution is 2.15. The smallest absolute Gasteiger partial charge is 0.248 e. The topological polar surface area (TPSA) is 81.9 Å². The number of carbonyl (C=O) groups is 1. The second kappa shape index (κ2) is 9.29. The van der Waals surface area contributed by atoms with E-state index in [0.717, 1.165) is 22.7 Å². The Kier molecular flexibility index (Phi) is 5.91. The Balaban J connectivity index is 1.29. The molecule has 7 nitrogen and oxygen atoms in total. The Morgan fingerprint density at radius 1 is 1.03 bits per heavy atom. The van der Waals surface area contributed by atoms with Gasteiger partial charge in [-0.3, -0.25) is 9.78 Å². The van der Waals surface area contributed by atoms with E-state index in [1.807, 2.05) is 66.7 Å². The first-order chi connectivity index (χ1) is 14.8. The first-order valence-electron chi connectivity index (χ1n) is 9.33. The van der Waals surface area contributed by atoms with Crippen molar-refractivity contribution < 1.29 is 9.53 Å². The number of ether oxygens (including phenoxy) is 1. The standard InChI is InChI=1S/C23H19N5O2/c29-23(27-19-7-9-21(10-8-19)28-17-24-16-26-28)13-6-18-4-11-22(12-5-18)30-15-20-3-1-2-14-25-20/h1-14,16-17H,15H2,(H,27,29)/b13-6+. The molecule has 0 fully saturated rings. The Labute approximate surface area is 173 Å². The van der Waals surface area contributed by atoms with Crippen molar-refractivity contribution in [1.29, 1.82) is 0 Å². The molecular weight excluding hydrogens is 378 g/mol. The quantitative estimate of drug-likeness (QED) is 0.479. The molecule has 30 heavy (non-hydrogen) atoms. The molecule has 0 aliphatic heterocycles. The van der Waals surface area contributed by atoms with Crippen LogP contribution in [0, 0.1) is 0 Å². The summed E-state index contributed by atoms with van der Waals surface area (Å²) in [5.74, 6) is 0.536. The highest BCUT2D eigenvalue weighted by molar-refractivity contribution is 6.01. The van der Waals surface area contributed by atoms with Crippen LogP contribution in [0.1, 0.15) is 11.3 Å². The van der Waals surface area contributed by atoms with Gasteiger partial charge in [0.05, 0.1) is 11.4 Å². The SMILES string of the molecule is O=C(/C=C/c1ccc(OCc2ccccn2)cc1)Nc1ccc(-n2cncn2)cc1. The molecule has 0 bridgehead atoms. The fourth-order valence-electron chi connectivity index (χ4n) is 2.71. The fraction of sp³-hybridized carbons (Fsp3) is 0.0435. The van der Waals surface area contributed by atoms with E-state index in [9.17, 15) is 4.79 Å². The number of rotatable bonds is 7. The van der Waals surface area contributed by atoms with Crippen LogP contribution in [0.25, 0.3) is 11.8 Å². The molecule has 2 heterocycles. The van der Waals surface area contributed by atoms with E-state index in [-0.39, 0.29) is 5.91 Å². The summed E-state index contributed by atoms with van der Waals surface area (Å²) in [7, 11) is 0. The number of anilines is 1. The van der Waals surface area contributed by atoms with Crippen molar-refractivity contribution in [2.75, 3.05) is 5.32 Å². The number of amides is 1. The van der Waals surface area contributed by atoms with Crippen molar-refractivity contribution in [3.8, 4) is 11.4 Å². The molecular formula is C23H19N5O2. The van der Waals surface area contributed by atoms with E-state index in [4.69, 9.17) is 4.74 Å². The molecule has 148 valence electrons. The number of aromatic nitrogens is 4. The molecule has 0 spiro atoms. The van der Waals surface area contributed by atoms with Crippen LogP contribution in [0.5, 0.6) is 5.75 Å². The number of hydrogen-bond donors (Lipinski definition) is 1. The van der Waals surface area contributed by atoms with Gasteiger partial charge in [0.25, 0.3) is 0 Å². The van der Waals surface area contributed by atoms with Gasteiger partial charge in [-0.25, -0.2) is 9.67 Å². The van der Waals surface area contributed by atoms with E-state index in [1.165, 1.54) is 12.4 Å². The zero-order valence-electron chi connectivity index (χ0n) is 16.1. The molecule has 2 aromatic heterocycles. The van der Waals surface area contributed by atoms with Gasteiger partial charge in [0.2, 0.25) is 5.91 Å². The lowest BCUT2D eigenvalue weighted by Crippen LogP contribution is -2.07. The number of nitrogens with zero attached hydrogens (tertiary/aromatic N) is 4. The molecule has 0 radical (unpaired) electrons. The van der Waals surface area contributed by atoms with Crippen LogP contribution in [-0.2, 0) is 11.4 Å². The molecule has 1 N–H and O–H groups in total. The van der Waals surface area contributed by atoms with E-state index in [2.05, 4.69) is 20.4 Å². The zero-order valence-corrected chi connectivity index (χ0v) is 16.1. The fourth-order valence-corrected chi connectivity index (χ4v) is 2.71. The minimum Gasteiger partial charge on any atom is -0.487 e. The Bertz CT molecular complexity index is 1110. The summed E-state index contributed by atoms with van der Waals surface area (Å²) in [6.07, 6.45) is 8.07. The largest absolute Gasteiger partial charge is 0.487 e. The van der Waals surface area contributed by atoms with Crippen LogP contribution >= 0.6 is 0 Å². The average molecular weight is 397 g/mol. The predicted molar refractivity (Wildman–Crippen MR) is 114 cm³/mol. The van der Waals surface area contributed by atoms with Crippen molar-refractivity contribution in [2.24, 2.45) is 0 Å². The molecule has 4 rings (SSSR count). The second-order valence-electron chi connectivity index (χ2n) is 6.39. The normalized spacial score (nSPS) is 10.8. The molecule has 0 unspecified atom stereocenters. The maximum absolute atomic E-state index is 12.2. The molecule has 0 saturated heterocycles. The van der Waals surface area contributed by atoms with Gasteiger partial charge in [-0.2, -0.15) is 5.10 Å². The van der Waals surface area contributed by atoms with E-state index in [1.54, 1.807) is 23.3 Å². The van der Waals surface area contributed by atoms with E-state index >= 15 is 0 Å². The van der Waals surface area contributed by atoms with Gasteiger partial charge >= 0.3 is 0 Å². The Morgan fingerprint density at radius 3 is 2.57 bits per heavy atom. The minimum absolute atomic E-state index is 0.209. The number of hydrogen-bond acceptors (Lipinski definition) is 5. The number of benzene rings is 2. The molecule has 4 aromatic rings. The Hall–Kier alpha value is -4.26. The lowest BCUT2D eigenvalue weighted by molar-refractivity contribution is -0.111. The lowest BCUT2D eigenvalue weighted by Gasteiger charge is -2.06. The summed E-state index contributed by atoms with van der Waals surface area (Å²) in [6, 6.07) is 20.6. The molecule has 0 atom stereocenters. The zero-order chi connectivity index (χ0) is 20.6. The third-order valence-corrected chi connectivity index (χ3v) is 4.24. The van der Waals surface area contributed by atoms with E-state index < -0.39 is 0 Å². The van der Waals surface area contributed by atoms with Gasteiger partial charge in [-0.15, -0.1) is 0 Å². The first-order valence-corrected chi connectivity index (χ1v) is 9.33. The number of pyridine rings is 1. The molecule has 2 aromatic carbocycles. The summed E-state index contributed by atoms with van der Waals surface area (Å²) >= 11 is 0. The lowest BCUT2D eigenvalue weighted by atomic mass is 10.2. The van der Waals surface area contributed by atoms with Crippen LogP contribution in [0.2, 0.25) is 0 Å². The van der Waals surface area contributed by atoms with Crippen molar-refractivity contribution in [3.63, 3.8) is 0 Å². The predicted octanol–water partition coefficient (Wildman–Crippen LogP) is 3.89. The number of nitrogens with one attached hydrogen (secondary N) is 1. The summed E-state index contributed by atoms with van der Waals surface area (Å²) in [5.41, 5.74) is 3.34. The van der Waals surface area contributed by atoms with Crippen LogP contribution in [0.3, 0.4) is 0 Å². The minimum atomic E-state index is -0.209. The van der Waals surface area contributed by atoms with Crippen molar-refractivity contribution in [1.82, 2.24) is 19.7 Å². The van der Waals surface area contributed by atoms with Crippen LogP contribution < -0.4 is 10.1 Å². The summed E-state index contributed by atoms with van der Waals surface area (Å²) < 4.78 is 7.36. The molecule has 7 heteroatoms. The summed E-state index contributed by atoms with van der Waals surface area (Å²) in [5, 5.41) is 6.90. The Morgan fingerprint density at radius 2 is 1.87 bits per heavy atom. The first kappa shape index (κ1) is 19.1. The molecule has 0 aliphatic rings. The highest BCUT2D eigenvalue weighted by atomic mass is 16.5. The average Bonchev–Trinajstić information content (AvgIpc) is 3.33. The van der Waals surface area contributed by atoms with Crippen LogP contribution in [-0.4, -0.2) is 25.7 Å². The van der Waals surface area contributed by atoms with Gasteiger partial charge in [0, 0.05) is 18.0 Å². The number of carbonyl (C=O) groups excluding carboxylic acids is 1. The van der Waals surface area contributed by atoms with Gasteiger partial charge in [0.15, 0.2) is 0 Å². The molecule has 0 aliphatic carbocycles. The summed E-state index contributed by atoms with van der Waals surface area (Å²) in [4.78, 5) is 20.3. The third-order valence-electron chi connectivity index (χ3n) is 4.24. The van der Waals surface area contributed by atoms with E-state index in [0.29, 0.717) is 12.3 Å². The monoisotopic (exact) mass is 397 g/mol. The summed E-state index contributed by atoms with van der Waals surface area (Å²) in [6.45, 7) is 0.411. The second-order valence-corrected chi connectivity index (χ2v) is 6.39. The molecule has 0 saturated carbocycles. The van der Waals surface area contributed by atoms with Crippen molar-refractivity contribution in [2.45, 2.75) is 6.61 Å². The molecule has 1 amide bonds. The van der Waals surface area contributed by atoms with Gasteiger partial charge in [0.1, 0.15) is 25.0 Å². The van der Waals surface area contributed by atoms with Gasteiger partial charge in [-0.05, 0) is 60.2 Å².